The van der Waals surface area contributed by atoms with Crippen LogP contribution in [0.25, 0.3) is 0 Å². The Bertz CT molecular complexity index is 286. The summed E-state index contributed by atoms with van der Waals surface area (Å²) < 4.78 is 20.3. The van der Waals surface area contributed by atoms with Gasteiger partial charge < -0.3 is 24.1 Å². The van der Waals surface area contributed by atoms with Crippen LogP contribution in [-0.2, 0) is 23.7 Å². The molecule has 0 amide bonds. The van der Waals surface area contributed by atoms with E-state index in [-0.39, 0.29) is 19.3 Å². The largest absolute Gasteiger partial charge is 0.460 e. The van der Waals surface area contributed by atoms with Crippen LogP contribution in [0.15, 0.2) is 12.2 Å². The van der Waals surface area contributed by atoms with Crippen LogP contribution in [0, 0.1) is 0 Å². The van der Waals surface area contributed by atoms with Gasteiger partial charge in [0.2, 0.25) is 0 Å². The highest BCUT2D eigenvalue weighted by Gasteiger charge is 2.23. The number of ether oxygens (including phenoxy) is 4. The Kier molecular flexibility index (Phi) is 6.28. The zero-order chi connectivity index (χ0) is 13.5. The summed E-state index contributed by atoms with van der Waals surface area (Å²) in [6, 6.07) is 0. The molecule has 0 aromatic heterocycles. The number of hydrogen-bond donors (Lipinski definition) is 1. The standard InChI is InChI=1S/C12H20O6/c1-8(2)12(14)18-5-10(13)4-15-9(3)16-6-11-7-17-11/h9-11,13H,1,4-7H2,2-3H3. The Morgan fingerprint density at radius 3 is 2.72 bits per heavy atom. The highest BCUT2D eigenvalue weighted by atomic mass is 16.7. The minimum absolute atomic E-state index is 0.0379. The molecule has 18 heavy (non-hydrogen) atoms. The molecule has 1 N–H and O–H groups in total. The lowest BCUT2D eigenvalue weighted by Crippen LogP contribution is -2.27. The van der Waals surface area contributed by atoms with Crippen LogP contribution in [0.4, 0.5) is 0 Å². The molecule has 0 aromatic rings. The van der Waals surface area contributed by atoms with E-state index in [2.05, 4.69) is 6.58 Å². The highest BCUT2D eigenvalue weighted by Crippen LogP contribution is 2.10. The molecule has 6 heteroatoms. The molecule has 3 atom stereocenters. The quantitative estimate of drug-likeness (QED) is 0.277. The number of carbonyl (C=O) groups excluding carboxylic acids is 1. The fourth-order valence-corrected chi connectivity index (χ4v) is 1.04. The third-order valence-electron chi connectivity index (χ3n) is 2.20. The van der Waals surface area contributed by atoms with E-state index >= 15 is 0 Å². The smallest absolute Gasteiger partial charge is 0.333 e. The molecule has 1 fully saturated rings. The van der Waals surface area contributed by atoms with Crippen molar-refractivity contribution < 1.29 is 28.8 Å². The van der Waals surface area contributed by atoms with Crippen molar-refractivity contribution in [3.8, 4) is 0 Å². The summed E-state index contributed by atoms with van der Waals surface area (Å²) in [6.07, 6.45) is -1.13. The molecular weight excluding hydrogens is 240 g/mol. The van der Waals surface area contributed by atoms with Gasteiger partial charge in [0, 0.05) is 5.57 Å². The zero-order valence-corrected chi connectivity index (χ0v) is 10.8. The first-order chi connectivity index (χ1) is 8.49. The zero-order valence-electron chi connectivity index (χ0n) is 10.8. The molecule has 1 heterocycles. The SMILES string of the molecule is C=C(C)C(=O)OCC(O)COC(C)OCC1CO1. The average Bonchev–Trinajstić information content (AvgIpc) is 3.14. The third kappa shape index (κ3) is 6.70. The lowest BCUT2D eigenvalue weighted by atomic mass is 10.3. The molecule has 0 saturated carbocycles. The normalized spacial score (nSPS) is 21.2. The summed E-state index contributed by atoms with van der Waals surface area (Å²) in [7, 11) is 0. The topological polar surface area (TPSA) is 77.5 Å². The minimum Gasteiger partial charge on any atom is -0.460 e. The molecule has 0 radical (unpaired) electrons. The van der Waals surface area contributed by atoms with Crippen LogP contribution >= 0.6 is 0 Å². The van der Waals surface area contributed by atoms with E-state index in [1.54, 1.807) is 13.8 Å². The molecule has 1 aliphatic rings. The van der Waals surface area contributed by atoms with E-state index in [1.165, 1.54) is 0 Å². The first-order valence-corrected chi connectivity index (χ1v) is 5.84. The molecule has 1 aliphatic heterocycles. The number of hydrogen-bond acceptors (Lipinski definition) is 6. The van der Waals surface area contributed by atoms with Crippen molar-refractivity contribution in [2.45, 2.75) is 32.3 Å². The third-order valence-corrected chi connectivity index (χ3v) is 2.20. The van der Waals surface area contributed by atoms with E-state index in [0.717, 1.165) is 6.61 Å². The van der Waals surface area contributed by atoms with Crippen molar-refractivity contribution in [1.29, 1.82) is 0 Å². The van der Waals surface area contributed by atoms with E-state index in [9.17, 15) is 9.90 Å². The molecule has 1 rings (SSSR count). The van der Waals surface area contributed by atoms with Gasteiger partial charge in [-0.15, -0.1) is 0 Å². The summed E-state index contributed by atoms with van der Waals surface area (Å²) in [5.41, 5.74) is 0.296. The second kappa shape index (κ2) is 7.48. The summed E-state index contributed by atoms with van der Waals surface area (Å²) >= 11 is 0. The Labute approximate surface area is 106 Å². The molecule has 0 bridgehead atoms. The van der Waals surface area contributed by atoms with Gasteiger partial charge in [-0.05, 0) is 13.8 Å². The van der Waals surface area contributed by atoms with E-state index in [0.29, 0.717) is 12.2 Å². The molecule has 1 saturated heterocycles. The lowest BCUT2D eigenvalue weighted by molar-refractivity contribution is -0.159. The predicted octanol–water partition coefficient (Wildman–Crippen LogP) is 0.245. The maximum Gasteiger partial charge on any atom is 0.333 e. The van der Waals surface area contributed by atoms with E-state index in [4.69, 9.17) is 18.9 Å². The van der Waals surface area contributed by atoms with E-state index in [1.807, 2.05) is 0 Å². The molecule has 3 unspecified atom stereocenters. The monoisotopic (exact) mass is 260 g/mol. The van der Waals surface area contributed by atoms with Gasteiger partial charge >= 0.3 is 5.97 Å². The van der Waals surface area contributed by atoms with Crippen molar-refractivity contribution >= 4 is 5.97 Å². The molecule has 0 aliphatic carbocycles. The van der Waals surface area contributed by atoms with Gasteiger partial charge in [-0.25, -0.2) is 4.79 Å². The number of carbonyl (C=O) groups is 1. The maximum atomic E-state index is 11.1. The van der Waals surface area contributed by atoms with Crippen molar-refractivity contribution in [3.05, 3.63) is 12.2 Å². The Morgan fingerprint density at radius 2 is 2.17 bits per heavy atom. The van der Waals surface area contributed by atoms with Crippen LogP contribution in [0.1, 0.15) is 13.8 Å². The Balaban J connectivity index is 2.02. The van der Waals surface area contributed by atoms with Gasteiger partial charge in [0.1, 0.15) is 18.8 Å². The van der Waals surface area contributed by atoms with Crippen LogP contribution in [0.5, 0.6) is 0 Å². The summed E-state index contributed by atoms with van der Waals surface area (Å²) in [6.45, 7) is 7.84. The second-order valence-electron chi connectivity index (χ2n) is 4.22. The molecule has 6 nitrogen and oxygen atoms in total. The summed E-state index contributed by atoms with van der Waals surface area (Å²) in [5, 5.41) is 9.51. The number of aliphatic hydroxyl groups excluding tert-OH is 1. The minimum atomic E-state index is -0.878. The van der Waals surface area contributed by atoms with Crippen LogP contribution < -0.4 is 0 Å². The van der Waals surface area contributed by atoms with Gasteiger partial charge in [-0.3, -0.25) is 0 Å². The van der Waals surface area contributed by atoms with Gasteiger partial charge in [-0.2, -0.15) is 0 Å². The van der Waals surface area contributed by atoms with Gasteiger partial charge in [0.15, 0.2) is 6.29 Å². The van der Waals surface area contributed by atoms with Crippen LogP contribution in [0.2, 0.25) is 0 Å². The van der Waals surface area contributed by atoms with Gasteiger partial charge in [0.05, 0.1) is 19.8 Å². The number of esters is 1. The predicted molar refractivity (Wildman–Crippen MR) is 62.9 cm³/mol. The van der Waals surface area contributed by atoms with Gasteiger partial charge in [0.25, 0.3) is 0 Å². The Morgan fingerprint density at radius 1 is 1.50 bits per heavy atom. The van der Waals surface area contributed by atoms with Crippen molar-refractivity contribution in [3.63, 3.8) is 0 Å². The fourth-order valence-electron chi connectivity index (χ4n) is 1.04. The average molecular weight is 260 g/mol. The van der Waals surface area contributed by atoms with Crippen LogP contribution in [-0.4, -0.2) is 56.0 Å². The van der Waals surface area contributed by atoms with Gasteiger partial charge in [-0.1, -0.05) is 6.58 Å². The first-order valence-electron chi connectivity index (χ1n) is 5.84. The summed E-state index contributed by atoms with van der Waals surface area (Å²) in [5.74, 6) is -0.524. The number of epoxide rings is 1. The number of aliphatic hydroxyl groups is 1. The molecule has 104 valence electrons. The summed E-state index contributed by atoms with van der Waals surface area (Å²) in [4.78, 5) is 11.1. The molecular formula is C12H20O6. The van der Waals surface area contributed by atoms with Crippen molar-refractivity contribution in [2.24, 2.45) is 0 Å². The molecule has 0 spiro atoms. The van der Waals surface area contributed by atoms with E-state index < -0.39 is 18.4 Å². The lowest BCUT2D eigenvalue weighted by Gasteiger charge is -2.16. The number of rotatable bonds is 9. The maximum absolute atomic E-state index is 11.1. The fraction of sp³-hybridized carbons (Fsp3) is 0.750. The second-order valence-corrected chi connectivity index (χ2v) is 4.22. The molecule has 0 aromatic carbocycles. The van der Waals surface area contributed by atoms with Crippen molar-refractivity contribution in [2.75, 3.05) is 26.4 Å². The van der Waals surface area contributed by atoms with Crippen LogP contribution in [0.3, 0.4) is 0 Å². The first kappa shape index (κ1) is 15.1. The highest BCUT2D eigenvalue weighted by molar-refractivity contribution is 5.86. The van der Waals surface area contributed by atoms with Crippen molar-refractivity contribution in [1.82, 2.24) is 0 Å². The Hall–Kier alpha value is -0.950.